The lowest BCUT2D eigenvalue weighted by Gasteiger charge is -2.34. The Kier molecular flexibility index (Phi) is 66.3. The van der Waals surface area contributed by atoms with Gasteiger partial charge in [0.1, 0.15) is 0 Å². The van der Waals surface area contributed by atoms with Crippen molar-refractivity contribution < 1.29 is 20.4 Å². The van der Waals surface area contributed by atoms with Crippen LogP contribution in [-0.4, -0.2) is 166 Å². The molecule has 0 amide bonds. The van der Waals surface area contributed by atoms with E-state index in [1.54, 1.807) is 0 Å². The highest BCUT2D eigenvalue weighted by atomic mass is 33.1. The van der Waals surface area contributed by atoms with E-state index in [2.05, 4.69) is 47.3 Å². The van der Waals surface area contributed by atoms with E-state index < -0.39 is 0 Å². The van der Waals surface area contributed by atoms with Gasteiger partial charge in [0.15, 0.2) is 0 Å². The number of aliphatic hydroxyl groups is 4. The minimum absolute atomic E-state index is 0.288. The lowest BCUT2D eigenvalue weighted by Crippen LogP contribution is -2.47. The van der Waals surface area contributed by atoms with E-state index in [0.29, 0.717) is 26.2 Å². The molecule has 0 aliphatic carbocycles. The van der Waals surface area contributed by atoms with Crippen LogP contribution in [-0.2, 0) is 0 Å². The molecule has 0 bridgehead atoms. The molecule has 0 aromatic heterocycles. The van der Waals surface area contributed by atoms with Crippen molar-refractivity contribution in [1.82, 2.24) is 19.6 Å². The van der Waals surface area contributed by atoms with Gasteiger partial charge in [-0.05, 0) is 64.5 Å². The van der Waals surface area contributed by atoms with Crippen LogP contribution in [0.5, 0.6) is 0 Å². The highest BCUT2D eigenvalue weighted by Crippen LogP contribution is 2.25. The molecule has 0 spiro atoms. The molecule has 8 nitrogen and oxygen atoms in total. The smallest absolute Gasteiger partial charge is 0.0667 e. The van der Waals surface area contributed by atoms with Gasteiger partial charge in [-0.3, -0.25) is 19.6 Å². The molecule has 12 heteroatoms. The van der Waals surface area contributed by atoms with Crippen molar-refractivity contribution in [1.29, 1.82) is 0 Å². The average Bonchev–Trinajstić information content (AvgIpc) is 3.50. The minimum atomic E-state index is -0.288. The second kappa shape index (κ2) is 67.0. The van der Waals surface area contributed by atoms with E-state index in [0.717, 1.165) is 77.3 Å². The van der Waals surface area contributed by atoms with Crippen LogP contribution in [0.25, 0.3) is 0 Å². The van der Waals surface area contributed by atoms with Gasteiger partial charge in [-0.25, -0.2) is 0 Å². The zero-order valence-corrected chi connectivity index (χ0v) is 60.0. The zero-order chi connectivity index (χ0) is 60.7. The Morgan fingerprint density at radius 1 is 0.262 bits per heavy atom. The lowest BCUT2D eigenvalue weighted by atomic mass is 10.0. The number of unbranched alkanes of at least 4 members (excludes halogenated alkanes) is 38. The van der Waals surface area contributed by atoms with Crippen molar-refractivity contribution in [3.63, 3.8) is 0 Å². The van der Waals surface area contributed by atoms with Gasteiger partial charge in [-0.2, -0.15) is 0 Å². The first-order valence-corrected chi connectivity index (χ1v) is 42.4. The van der Waals surface area contributed by atoms with Crippen LogP contribution in [0.3, 0.4) is 0 Å². The number of hydrogen-bond donors (Lipinski definition) is 4. The Bertz CT molecular complexity index is 1110. The van der Waals surface area contributed by atoms with Gasteiger partial charge in [0.2, 0.25) is 0 Å². The molecule has 1 aliphatic heterocycles. The van der Waals surface area contributed by atoms with Gasteiger partial charge in [0.25, 0.3) is 0 Å². The maximum absolute atomic E-state index is 11.1. The summed E-state index contributed by atoms with van der Waals surface area (Å²) < 4.78 is 0. The molecule has 0 aromatic carbocycles. The monoisotopic (exact) mass is 1260 g/mol. The molecular weight excluding hydrogens is 1110 g/mol. The topological polar surface area (TPSA) is 93.9 Å². The molecule has 0 aromatic rings. The summed E-state index contributed by atoms with van der Waals surface area (Å²) in [6, 6.07) is 0. The highest BCUT2D eigenvalue weighted by molar-refractivity contribution is 8.77. The maximum Gasteiger partial charge on any atom is 0.0667 e. The lowest BCUT2D eigenvalue weighted by molar-refractivity contribution is 0.0594. The zero-order valence-electron chi connectivity index (χ0n) is 56.8. The normalized spacial score (nSPS) is 15.1. The summed E-state index contributed by atoms with van der Waals surface area (Å²) in [7, 11) is 8.19. The van der Waals surface area contributed by atoms with Crippen molar-refractivity contribution in [2.45, 2.75) is 360 Å². The molecule has 4 N–H and O–H groups in total. The fraction of sp³-hybridized carbons (Fsp3) is 1.00. The number of piperazine rings is 1. The number of aliphatic hydroxyl groups excluding tert-OH is 4. The molecule has 4 atom stereocenters. The van der Waals surface area contributed by atoms with Crippen LogP contribution < -0.4 is 0 Å². The molecule has 1 saturated heterocycles. The van der Waals surface area contributed by atoms with Crippen molar-refractivity contribution in [3.8, 4) is 0 Å². The van der Waals surface area contributed by atoms with Crippen molar-refractivity contribution in [3.05, 3.63) is 0 Å². The van der Waals surface area contributed by atoms with Gasteiger partial charge in [-0.15, -0.1) is 0 Å². The summed E-state index contributed by atoms with van der Waals surface area (Å²) in [4.78, 5) is 10.1. The summed E-state index contributed by atoms with van der Waals surface area (Å²) in [5, 5.41) is 44.4. The summed E-state index contributed by atoms with van der Waals surface area (Å²) in [6.07, 6.45) is 60.1. The van der Waals surface area contributed by atoms with E-state index in [9.17, 15) is 20.4 Å². The van der Waals surface area contributed by atoms with Crippen LogP contribution >= 0.6 is 43.2 Å². The van der Waals surface area contributed by atoms with Crippen LogP contribution in [0, 0.1) is 0 Å². The Morgan fingerprint density at radius 3 is 0.690 bits per heavy atom. The van der Waals surface area contributed by atoms with Crippen molar-refractivity contribution >= 4 is 43.2 Å². The van der Waals surface area contributed by atoms with Gasteiger partial charge in [0, 0.05) is 88.5 Å². The third kappa shape index (κ3) is 59.4. The Balaban J connectivity index is 2.31. The number of hydrogen-bond acceptors (Lipinski definition) is 12. The molecule has 0 saturated carbocycles. The van der Waals surface area contributed by atoms with E-state index in [1.807, 2.05) is 43.2 Å². The predicted molar refractivity (Wildman–Crippen MR) is 384 cm³/mol. The van der Waals surface area contributed by atoms with E-state index in [4.69, 9.17) is 0 Å². The van der Waals surface area contributed by atoms with E-state index >= 15 is 0 Å². The molecule has 4 unspecified atom stereocenters. The quantitative estimate of drug-likeness (QED) is 0.0345. The molecule has 1 aliphatic rings. The van der Waals surface area contributed by atoms with Gasteiger partial charge in [-0.1, -0.05) is 328 Å². The average molecular weight is 1260 g/mol. The third-order valence-corrected chi connectivity index (χ3v) is 22.9. The second-order valence-corrected chi connectivity index (χ2v) is 31.8. The van der Waals surface area contributed by atoms with Crippen LogP contribution in [0.15, 0.2) is 0 Å². The Hall–Kier alpha value is 1.08. The third-order valence-electron chi connectivity index (χ3n) is 18.0. The first-order valence-electron chi connectivity index (χ1n) is 37.4. The molecule has 504 valence electrons. The van der Waals surface area contributed by atoms with Gasteiger partial charge >= 0.3 is 0 Å². The molecule has 1 fully saturated rings. The molecule has 1 heterocycles. The minimum Gasteiger partial charge on any atom is -0.392 e. The maximum atomic E-state index is 11.1. The van der Waals surface area contributed by atoms with E-state index in [-0.39, 0.29) is 24.4 Å². The summed E-state index contributed by atoms with van der Waals surface area (Å²) in [5.41, 5.74) is 0. The number of nitrogens with zero attached hydrogens (tertiary/aromatic N) is 4. The first-order chi connectivity index (χ1) is 41.3. The Labute approximate surface area is 541 Å². The Morgan fingerprint density at radius 2 is 0.464 bits per heavy atom. The largest absolute Gasteiger partial charge is 0.392 e. The van der Waals surface area contributed by atoms with Crippen molar-refractivity contribution in [2.75, 3.05) is 102 Å². The predicted octanol–water partition coefficient (Wildman–Crippen LogP) is 20.2. The fourth-order valence-corrected chi connectivity index (χ4v) is 16.7. The SMILES string of the molecule is CCCCCCCCCCCCC(O)CN(CCCCSSCCN1CCN(CCSSCCCCN(CC(O)CCCCCCCCCCCC)CC(O)CCCCCCCCCCCC)CC1)CC(O)CCCCCCCCCCCC. The van der Waals surface area contributed by atoms with Crippen LogP contribution in [0.1, 0.15) is 336 Å². The summed E-state index contributed by atoms with van der Waals surface area (Å²) in [6.45, 7) is 21.1. The first kappa shape index (κ1) is 83.1. The van der Waals surface area contributed by atoms with Gasteiger partial charge in [0.05, 0.1) is 24.4 Å². The molecular formula is C72H148N4O4S4. The number of rotatable bonds is 70. The van der Waals surface area contributed by atoms with Gasteiger partial charge < -0.3 is 20.4 Å². The molecule has 1 rings (SSSR count). The standard InChI is InChI=1S/C72H148N4O4S4/c1-5-9-13-17-21-25-29-33-37-41-49-69(77)65-75(66-70(78)50-42-38-34-30-26-22-18-14-10-6-2)53-45-47-61-81-83-63-59-73-55-57-74(58-56-73)60-64-84-82-62-48-46-54-76(67-71(79)51-43-39-35-31-27-23-19-15-11-7-3)68-72(80)52-44-40-36-32-28-24-20-16-12-8-4/h69-72,77-80H,5-68H2,1-4H3. The summed E-state index contributed by atoms with van der Waals surface area (Å²) >= 11 is 0. The fourth-order valence-electron chi connectivity index (χ4n) is 12.3. The van der Waals surface area contributed by atoms with E-state index in [1.165, 1.54) is 306 Å². The second-order valence-electron chi connectivity index (χ2n) is 26.4. The van der Waals surface area contributed by atoms with Crippen LogP contribution in [0.2, 0.25) is 0 Å². The highest BCUT2D eigenvalue weighted by Gasteiger charge is 2.19. The molecule has 84 heavy (non-hydrogen) atoms. The summed E-state index contributed by atoms with van der Waals surface area (Å²) in [5.74, 6) is 4.74. The molecule has 0 radical (unpaired) electrons. The van der Waals surface area contributed by atoms with Crippen LogP contribution in [0.4, 0.5) is 0 Å². The van der Waals surface area contributed by atoms with Crippen molar-refractivity contribution in [2.24, 2.45) is 0 Å².